The van der Waals surface area contributed by atoms with E-state index in [1.54, 1.807) is 24.4 Å². The number of pyridine rings is 1. The Morgan fingerprint density at radius 3 is 2.92 bits per heavy atom. The maximum absolute atomic E-state index is 11.6. The number of nitrogens with one attached hydrogen (secondary N) is 1. The van der Waals surface area contributed by atoms with Gasteiger partial charge in [0.05, 0.1) is 18.7 Å². The highest BCUT2D eigenvalue weighted by atomic mass is 16.5. The molecule has 2 fully saturated rings. The molecule has 0 radical (unpaired) electrons. The van der Waals surface area contributed by atoms with E-state index >= 15 is 0 Å². The number of aromatic nitrogens is 1. The van der Waals surface area contributed by atoms with E-state index < -0.39 is 5.91 Å². The summed E-state index contributed by atoms with van der Waals surface area (Å²) in [4.78, 5) is 27.4. The number of nitrogens with zero attached hydrogens (tertiary/aromatic N) is 1. The molecule has 0 bridgehead atoms. The number of methoxy groups -OCH3 is 1. The zero-order valence-electron chi connectivity index (χ0n) is 13.1. The molecule has 7 heteroatoms. The quantitative estimate of drug-likeness (QED) is 0.847. The summed E-state index contributed by atoms with van der Waals surface area (Å²) in [5, 5.41) is 4.46. The Bertz CT molecular complexity index is 851. The van der Waals surface area contributed by atoms with Gasteiger partial charge in [0.25, 0.3) is 5.91 Å². The minimum absolute atomic E-state index is 0.0337. The Morgan fingerprint density at radius 2 is 2.29 bits per heavy atom. The topological polar surface area (TPSA) is 104 Å². The molecule has 2 heterocycles. The van der Waals surface area contributed by atoms with Crippen LogP contribution in [0.25, 0.3) is 10.8 Å². The lowest BCUT2D eigenvalue weighted by molar-refractivity contribution is -0.121. The fourth-order valence-electron chi connectivity index (χ4n) is 3.34. The van der Waals surface area contributed by atoms with Crippen molar-refractivity contribution in [3.05, 3.63) is 30.0 Å². The van der Waals surface area contributed by atoms with Gasteiger partial charge in [0.2, 0.25) is 11.8 Å². The number of fused-ring (bicyclic) bond motifs is 2. The number of piperidine rings is 1. The Labute approximate surface area is 138 Å². The number of benzene rings is 1. The zero-order valence-corrected chi connectivity index (χ0v) is 13.1. The van der Waals surface area contributed by atoms with E-state index in [-0.39, 0.29) is 17.9 Å². The van der Waals surface area contributed by atoms with E-state index in [9.17, 15) is 9.59 Å². The molecule has 3 N–H and O–H groups in total. The Balaban J connectivity index is 1.63. The van der Waals surface area contributed by atoms with Crippen molar-refractivity contribution in [3.63, 3.8) is 0 Å². The third kappa shape index (κ3) is 2.33. The summed E-state index contributed by atoms with van der Waals surface area (Å²) >= 11 is 0. The van der Waals surface area contributed by atoms with Crippen molar-refractivity contribution in [1.29, 1.82) is 0 Å². The average molecular weight is 327 g/mol. The molecule has 2 aliphatic rings. The number of nitrogens with two attached hydrogens (primary N) is 1. The molecule has 24 heavy (non-hydrogen) atoms. The summed E-state index contributed by atoms with van der Waals surface area (Å²) in [6, 6.07) is 5.18. The van der Waals surface area contributed by atoms with Gasteiger partial charge in [-0.3, -0.25) is 9.59 Å². The molecule has 0 unspecified atom stereocenters. The van der Waals surface area contributed by atoms with Crippen molar-refractivity contribution < 1.29 is 19.1 Å². The molecule has 1 saturated heterocycles. The normalized spacial score (nSPS) is 24.4. The van der Waals surface area contributed by atoms with Crippen molar-refractivity contribution in [2.45, 2.75) is 12.5 Å². The van der Waals surface area contributed by atoms with Crippen LogP contribution < -0.4 is 20.5 Å². The maximum atomic E-state index is 11.6. The number of primary amides is 1. The van der Waals surface area contributed by atoms with Crippen LogP contribution in [0.2, 0.25) is 0 Å². The first kappa shape index (κ1) is 14.7. The largest absolute Gasteiger partial charge is 0.496 e. The summed E-state index contributed by atoms with van der Waals surface area (Å²) in [5.74, 6) is 0.930. The molecule has 1 aromatic carbocycles. The Morgan fingerprint density at radius 1 is 1.46 bits per heavy atom. The van der Waals surface area contributed by atoms with Gasteiger partial charge in [-0.15, -0.1) is 0 Å². The first-order chi connectivity index (χ1) is 11.6. The highest BCUT2D eigenvalue weighted by Crippen LogP contribution is 2.46. The molecule has 4 rings (SSSR count). The van der Waals surface area contributed by atoms with E-state index in [2.05, 4.69) is 10.3 Å². The molecule has 1 aliphatic heterocycles. The van der Waals surface area contributed by atoms with E-state index in [1.807, 2.05) is 0 Å². The van der Waals surface area contributed by atoms with Gasteiger partial charge in [0, 0.05) is 17.5 Å². The van der Waals surface area contributed by atoms with Gasteiger partial charge in [0.15, 0.2) is 0 Å². The van der Waals surface area contributed by atoms with Crippen LogP contribution in [0.4, 0.5) is 0 Å². The first-order valence-electron chi connectivity index (χ1n) is 7.78. The SMILES string of the molecule is COc1cc2c(OC[C@H]3NC(=O)[C@H]4C[C@H]43)nccc2cc1C(N)=O. The van der Waals surface area contributed by atoms with Crippen LogP contribution in [0.5, 0.6) is 11.6 Å². The van der Waals surface area contributed by atoms with Gasteiger partial charge >= 0.3 is 0 Å². The molecular formula is C17H17N3O4. The summed E-state index contributed by atoms with van der Waals surface area (Å²) in [6.07, 6.45) is 2.56. The van der Waals surface area contributed by atoms with Crippen molar-refractivity contribution in [3.8, 4) is 11.6 Å². The lowest BCUT2D eigenvalue weighted by Crippen LogP contribution is -2.35. The van der Waals surface area contributed by atoms with Crippen LogP contribution in [-0.2, 0) is 4.79 Å². The maximum Gasteiger partial charge on any atom is 0.252 e. The minimum atomic E-state index is -0.554. The molecule has 0 spiro atoms. The molecule has 2 aromatic rings. The van der Waals surface area contributed by atoms with Crippen molar-refractivity contribution in [2.24, 2.45) is 17.6 Å². The summed E-state index contributed by atoms with van der Waals surface area (Å²) in [6.45, 7) is 0.374. The molecule has 1 aromatic heterocycles. The van der Waals surface area contributed by atoms with E-state index in [0.29, 0.717) is 29.7 Å². The second-order valence-electron chi connectivity index (χ2n) is 6.19. The van der Waals surface area contributed by atoms with Gasteiger partial charge < -0.3 is 20.5 Å². The van der Waals surface area contributed by atoms with Crippen LogP contribution in [0.3, 0.4) is 0 Å². The van der Waals surface area contributed by atoms with E-state index in [1.165, 1.54) is 7.11 Å². The van der Waals surface area contributed by atoms with Crippen LogP contribution in [0, 0.1) is 11.8 Å². The van der Waals surface area contributed by atoms with Gasteiger partial charge in [-0.05, 0) is 35.9 Å². The third-order valence-corrected chi connectivity index (χ3v) is 4.73. The predicted molar refractivity (Wildman–Crippen MR) is 85.8 cm³/mol. The highest BCUT2D eigenvalue weighted by Gasteiger charge is 2.54. The smallest absolute Gasteiger partial charge is 0.252 e. The Hall–Kier alpha value is -2.83. The number of rotatable bonds is 5. The molecule has 3 atom stereocenters. The molecule has 124 valence electrons. The van der Waals surface area contributed by atoms with E-state index in [4.69, 9.17) is 15.2 Å². The Kier molecular flexibility index (Phi) is 3.30. The van der Waals surface area contributed by atoms with Crippen LogP contribution >= 0.6 is 0 Å². The predicted octanol–water partition coefficient (Wildman–Crippen LogP) is 0.856. The summed E-state index contributed by atoms with van der Waals surface area (Å²) < 4.78 is 11.1. The zero-order chi connectivity index (χ0) is 16.8. The first-order valence-corrected chi connectivity index (χ1v) is 7.78. The molecule has 7 nitrogen and oxygen atoms in total. The lowest BCUT2D eigenvalue weighted by Gasteiger charge is -2.15. The number of ether oxygens (including phenoxy) is 2. The fraction of sp³-hybridized carbons (Fsp3) is 0.353. The van der Waals surface area contributed by atoms with Crippen molar-refractivity contribution >= 4 is 22.6 Å². The van der Waals surface area contributed by atoms with Gasteiger partial charge in [0.1, 0.15) is 12.4 Å². The monoisotopic (exact) mass is 327 g/mol. The summed E-state index contributed by atoms with van der Waals surface area (Å²) in [5.41, 5.74) is 5.70. The van der Waals surface area contributed by atoms with Gasteiger partial charge in [-0.1, -0.05) is 0 Å². The van der Waals surface area contributed by atoms with E-state index in [0.717, 1.165) is 17.2 Å². The standard InChI is InChI=1S/C17H17N3O4/c1-23-14-6-9-8(4-12(14)15(18)21)2-3-19-17(9)24-7-13-10-5-11(10)16(22)20-13/h2-4,6,10-11,13H,5,7H2,1H3,(H2,18,21)(H,20,22)/t10-,11+,13-/m1/s1. The molecule has 1 aliphatic carbocycles. The number of hydrogen-bond donors (Lipinski definition) is 2. The number of carbonyl (C=O) groups excluding carboxylic acids is 2. The molecular weight excluding hydrogens is 310 g/mol. The molecule has 2 amide bonds. The highest BCUT2D eigenvalue weighted by molar-refractivity contribution is 6.01. The van der Waals surface area contributed by atoms with Gasteiger partial charge in [-0.25, -0.2) is 4.98 Å². The van der Waals surface area contributed by atoms with Crippen LogP contribution in [0.1, 0.15) is 16.8 Å². The number of carbonyl (C=O) groups is 2. The minimum Gasteiger partial charge on any atom is -0.496 e. The number of hydrogen-bond acceptors (Lipinski definition) is 5. The fourth-order valence-corrected chi connectivity index (χ4v) is 3.34. The second kappa shape index (κ2) is 5.36. The number of amides is 2. The van der Waals surface area contributed by atoms with Gasteiger partial charge in [-0.2, -0.15) is 0 Å². The second-order valence-corrected chi connectivity index (χ2v) is 6.19. The van der Waals surface area contributed by atoms with Crippen LogP contribution in [-0.4, -0.2) is 36.6 Å². The third-order valence-electron chi connectivity index (χ3n) is 4.73. The summed E-state index contributed by atoms with van der Waals surface area (Å²) in [7, 11) is 1.48. The van der Waals surface area contributed by atoms with Crippen molar-refractivity contribution in [2.75, 3.05) is 13.7 Å². The lowest BCUT2D eigenvalue weighted by atomic mass is 10.1. The van der Waals surface area contributed by atoms with Crippen LogP contribution in [0.15, 0.2) is 24.4 Å². The van der Waals surface area contributed by atoms with Crippen molar-refractivity contribution in [1.82, 2.24) is 10.3 Å². The molecule has 1 saturated carbocycles. The average Bonchev–Trinajstić information content (AvgIpc) is 3.32.